The second-order valence-electron chi connectivity index (χ2n) is 9.94. The number of thioether (sulfide) groups is 2. The Balaban J connectivity index is 0.00000119. The summed E-state index contributed by atoms with van der Waals surface area (Å²) in [6.45, 7) is 6.57. The third-order valence-corrected chi connectivity index (χ3v) is 9.37. The molecule has 1 amide bonds. The van der Waals surface area contributed by atoms with Gasteiger partial charge in [0.15, 0.2) is 0 Å². The van der Waals surface area contributed by atoms with Crippen LogP contribution in [0.15, 0.2) is 84.9 Å². The number of amides is 1. The Hall–Kier alpha value is -3.04. The summed E-state index contributed by atoms with van der Waals surface area (Å²) in [5, 5.41) is 12.3. The molecule has 2 N–H and O–H groups in total. The summed E-state index contributed by atoms with van der Waals surface area (Å²) >= 11 is 5.13. The second-order valence-corrected chi connectivity index (χ2v) is 13.2. The average Bonchev–Trinajstić information content (AvgIpc) is 3.53. The zero-order valence-corrected chi connectivity index (χ0v) is 27.9. The lowest BCUT2D eigenvalue weighted by atomic mass is 9.93. The molecule has 1 heterocycles. The minimum absolute atomic E-state index is 0.0925. The van der Waals surface area contributed by atoms with Crippen LogP contribution in [-0.2, 0) is 16.1 Å². The SMILES string of the molecule is CCSC.CSCCC(NC(=O)c1ccc(COC(C)c2ccc(-c3ccccc3)s2)cc1-c1ccccc1C)C(=O)O. The Kier molecular flexibility index (Phi) is 14.4. The Morgan fingerprint density at radius 2 is 1.63 bits per heavy atom. The monoisotopic (exact) mass is 635 g/mol. The standard InChI is InChI=1S/C32H33NO4S2.C3H8S/c1-21-9-7-8-12-25(21)27-19-23(13-14-26(27)31(34)33-28(32(35)36)17-18-38-3)20-37-22(2)29-15-16-30(39-29)24-10-5-4-6-11-24;1-3-4-2/h4-16,19,22,28H,17-18,20H2,1-3H3,(H,33,34)(H,35,36);3H2,1-2H3. The summed E-state index contributed by atoms with van der Waals surface area (Å²) in [6, 6.07) is 27.1. The number of ether oxygens (including phenoxy) is 1. The molecule has 0 fully saturated rings. The summed E-state index contributed by atoms with van der Waals surface area (Å²) in [6.07, 6.45) is 4.28. The van der Waals surface area contributed by atoms with Crippen LogP contribution in [0.3, 0.4) is 0 Å². The van der Waals surface area contributed by atoms with Crippen molar-refractivity contribution in [2.75, 3.05) is 24.0 Å². The number of hydrogen-bond acceptors (Lipinski definition) is 6. The van der Waals surface area contributed by atoms with Crippen molar-refractivity contribution in [3.8, 4) is 21.6 Å². The molecule has 0 saturated heterocycles. The van der Waals surface area contributed by atoms with Gasteiger partial charge in [-0.1, -0.05) is 67.6 Å². The molecular formula is C35H41NO4S3. The van der Waals surface area contributed by atoms with E-state index in [9.17, 15) is 14.7 Å². The van der Waals surface area contributed by atoms with Gasteiger partial charge in [0.1, 0.15) is 6.04 Å². The highest BCUT2D eigenvalue weighted by Gasteiger charge is 2.23. The number of thiophene rings is 1. The second kappa shape index (κ2) is 17.9. The number of hydrogen-bond donors (Lipinski definition) is 2. The van der Waals surface area contributed by atoms with Gasteiger partial charge < -0.3 is 15.2 Å². The maximum atomic E-state index is 13.3. The lowest BCUT2D eigenvalue weighted by Gasteiger charge is -2.18. The third kappa shape index (κ3) is 10.3. The summed E-state index contributed by atoms with van der Waals surface area (Å²) in [5.74, 6) is 0.459. The van der Waals surface area contributed by atoms with Crippen LogP contribution in [0.2, 0.25) is 0 Å². The fraction of sp³-hybridized carbons (Fsp3) is 0.314. The van der Waals surface area contributed by atoms with Crippen molar-refractivity contribution in [3.05, 3.63) is 106 Å². The first-order valence-corrected chi connectivity index (χ1v) is 17.9. The number of carboxylic acids is 1. The quantitative estimate of drug-likeness (QED) is 0.153. The van der Waals surface area contributed by atoms with Crippen LogP contribution in [0, 0.1) is 6.92 Å². The van der Waals surface area contributed by atoms with Gasteiger partial charge in [0, 0.05) is 15.3 Å². The van der Waals surface area contributed by atoms with Gasteiger partial charge in [0.2, 0.25) is 0 Å². The number of carbonyl (C=O) groups excluding carboxylic acids is 1. The molecule has 4 rings (SSSR count). The first-order chi connectivity index (χ1) is 20.8. The van der Waals surface area contributed by atoms with Gasteiger partial charge in [-0.05, 0) is 96.4 Å². The van der Waals surface area contributed by atoms with E-state index in [2.05, 4.69) is 42.8 Å². The number of aliphatic carboxylic acids is 1. The molecular weight excluding hydrogens is 595 g/mol. The molecule has 5 nitrogen and oxygen atoms in total. The Labute approximate surface area is 268 Å². The van der Waals surface area contributed by atoms with Crippen molar-refractivity contribution in [2.45, 2.75) is 45.9 Å². The van der Waals surface area contributed by atoms with Gasteiger partial charge in [0.05, 0.1) is 12.7 Å². The Morgan fingerprint density at radius 1 is 0.930 bits per heavy atom. The average molecular weight is 636 g/mol. The van der Waals surface area contributed by atoms with Crippen LogP contribution in [-0.4, -0.2) is 47.0 Å². The zero-order chi connectivity index (χ0) is 31.2. The summed E-state index contributed by atoms with van der Waals surface area (Å²) in [7, 11) is 0. The number of rotatable bonds is 13. The first kappa shape index (κ1) is 34.5. The van der Waals surface area contributed by atoms with E-state index >= 15 is 0 Å². The van der Waals surface area contributed by atoms with Gasteiger partial charge in [-0.25, -0.2) is 4.79 Å². The predicted octanol–water partition coefficient (Wildman–Crippen LogP) is 8.97. The van der Waals surface area contributed by atoms with Gasteiger partial charge in [-0.3, -0.25) is 4.79 Å². The molecule has 2 atom stereocenters. The molecule has 0 aliphatic carbocycles. The number of carboxylic acid groups (broad SMARTS) is 1. The van der Waals surface area contributed by atoms with Crippen molar-refractivity contribution < 1.29 is 19.4 Å². The Morgan fingerprint density at radius 3 is 2.28 bits per heavy atom. The molecule has 228 valence electrons. The van der Waals surface area contributed by atoms with Crippen molar-refractivity contribution in [2.24, 2.45) is 0 Å². The molecule has 0 bridgehead atoms. The fourth-order valence-corrected chi connectivity index (χ4v) is 5.82. The van der Waals surface area contributed by atoms with E-state index < -0.39 is 17.9 Å². The van der Waals surface area contributed by atoms with Gasteiger partial charge in [0.25, 0.3) is 5.91 Å². The smallest absolute Gasteiger partial charge is 0.326 e. The largest absolute Gasteiger partial charge is 0.480 e. The topological polar surface area (TPSA) is 75.6 Å². The van der Waals surface area contributed by atoms with Crippen molar-refractivity contribution in [1.29, 1.82) is 0 Å². The first-order valence-electron chi connectivity index (χ1n) is 14.3. The van der Waals surface area contributed by atoms with Crippen molar-refractivity contribution in [3.63, 3.8) is 0 Å². The van der Waals surface area contributed by atoms with Gasteiger partial charge in [-0.15, -0.1) is 11.3 Å². The van der Waals surface area contributed by atoms with E-state index in [-0.39, 0.29) is 6.10 Å². The minimum atomic E-state index is -1.03. The van der Waals surface area contributed by atoms with Crippen LogP contribution in [0.5, 0.6) is 0 Å². The van der Waals surface area contributed by atoms with Crippen LogP contribution in [0.25, 0.3) is 21.6 Å². The molecule has 4 aromatic rings. The summed E-state index contributed by atoms with van der Waals surface area (Å²) in [4.78, 5) is 27.4. The summed E-state index contributed by atoms with van der Waals surface area (Å²) < 4.78 is 6.25. The number of nitrogens with one attached hydrogen (secondary N) is 1. The molecule has 1 aromatic heterocycles. The molecule has 0 spiro atoms. The maximum absolute atomic E-state index is 13.3. The van der Waals surface area contributed by atoms with E-state index in [0.29, 0.717) is 24.3 Å². The molecule has 0 aliphatic rings. The van der Waals surface area contributed by atoms with E-state index in [1.807, 2.05) is 86.5 Å². The maximum Gasteiger partial charge on any atom is 0.326 e. The van der Waals surface area contributed by atoms with E-state index in [0.717, 1.165) is 27.1 Å². The molecule has 0 radical (unpaired) electrons. The van der Waals surface area contributed by atoms with Crippen LogP contribution in [0.4, 0.5) is 0 Å². The number of aryl methyl sites for hydroxylation is 1. The molecule has 3 aromatic carbocycles. The molecule has 0 saturated carbocycles. The molecule has 2 unspecified atom stereocenters. The Bertz CT molecular complexity index is 1450. The fourth-order valence-electron chi connectivity index (χ4n) is 4.34. The van der Waals surface area contributed by atoms with Gasteiger partial charge >= 0.3 is 5.97 Å². The highest BCUT2D eigenvalue weighted by Crippen LogP contribution is 2.34. The zero-order valence-electron chi connectivity index (χ0n) is 25.5. The van der Waals surface area contributed by atoms with Crippen LogP contribution < -0.4 is 5.32 Å². The third-order valence-electron chi connectivity index (χ3n) is 6.85. The molecule has 43 heavy (non-hydrogen) atoms. The highest BCUT2D eigenvalue weighted by atomic mass is 32.2. The highest BCUT2D eigenvalue weighted by molar-refractivity contribution is 7.98. The lowest BCUT2D eigenvalue weighted by Crippen LogP contribution is -2.41. The van der Waals surface area contributed by atoms with E-state index in [1.165, 1.54) is 16.2 Å². The lowest BCUT2D eigenvalue weighted by molar-refractivity contribution is -0.139. The molecule has 0 aliphatic heterocycles. The minimum Gasteiger partial charge on any atom is -0.480 e. The van der Waals surface area contributed by atoms with Crippen molar-refractivity contribution in [1.82, 2.24) is 5.32 Å². The van der Waals surface area contributed by atoms with Crippen LogP contribution >= 0.6 is 34.9 Å². The predicted molar refractivity (Wildman–Crippen MR) is 186 cm³/mol. The van der Waals surface area contributed by atoms with Crippen molar-refractivity contribution >= 4 is 46.7 Å². The van der Waals surface area contributed by atoms with E-state index in [4.69, 9.17) is 4.74 Å². The number of carbonyl (C=O) groups is 2. The normalized spacial score (nSPS) is 12.1. The van der Waals surface area contributed by atoms with Crippen LogP contribution in [0.1, 0.15) is 52.7 Å². The summed E-state index contributed by atoms with van der Waals surface area (Å²) in [5.41, 5.74) is 5.30. The van der Waals surface area contributed by atoms with Gasteiger partial charge in [-0.2, -0.15) is 23.5 Å². The van der Waals surface area contributed by atoms with E-state index in [1.54, 1.807) is 29.2 Å². The molecule has 8 heteroatoms. The number of benzene rings is 3.